The molecule has 2 aromatic heterocycles. The van der Waals surface area contributed by atoms with Gasteiger partial charge >= 0.3 is 0 Å². The molecule has 0 atom stereocenters. The minimum Gasteiger partial charge on any atom is -0.294 e. The predicted octanol–water partition coefficient (Wildman–Crippen LogP) is 2.16. The number of thiazole rings is 1. The van der Waals surface area contributed by atoms with Gasteiger partial charge in [0, 0.05) is 11.8 Å². The van der Waals surface area contributed by atoms with Gasteiger partial charge in [0.2, 0.25) is 5.13 Å². The van der Waals surface area contributed by atoms with Gasteiger partial charge in [-0.05, 0) is 19.8 Å². The quantitative estimate of drug-likeness (QED) is 0.758. The van der Waals surface area contributed by atoms with Crippen LogP contribution < -0.4 is 0 Å². The normalized spacial score (nSPS) is 15.2. The van der Waals surface area contributed by atoms with Crippen molar-refractivity contribution in [1.82, 2.24) is 14.8 Å². The molecule has 0 bridgehead atoms. The summed E-state index contributed by atoms with van der Waals surface area (Å²) in [5.41, 5.74) is 2.79. The van der Waals surface area contributed by atoms with E-state index in [0.29, 0.717) is 6.42 Å². The summed E-state index contributed by atoms with van der Waals surface area (Å²) in [7, 11) is 0. The number of fused-ring (bicyclic) bond motifs is 1. The highest BCUT2D eigenvalue weighted by Gasteiger charge is 2.23. The lowest BCUT2D eigenvalue weighted by Crippen LogP contribution is -2.12. The minimum absolute atomic E-state index is 0.209. The van der Waals surface area contributed by atoms with Crippen LogP contribution in [0.3, 0.4) is 0 Å². The molecule has 0 radical (unpaired) electrons. The smallest absolute Gasteiger partial charge is 0.210 e. The van der Waals surface area contributed by atoms with E-state index in [0.717, 1.165) is 34.9 Å². The van der Waals surface area contributed by atoms with Crippen LogP contribution in [-0.2, 0) is 6.42 Å². The number of aryl methyl sites for hydroxylation is 1. The Labute approximate surface area is 96.9 Å². The Hall–Kier alpha value is -1.49. The molecule has 0 spiro atoms. The third-order valence-corrected chi connectivity index (χ3v) is 3.71. The van der Waals surface area contributed by atoms with E-state index in [9.17, 15) is 4.79 Å². The van der Waals surface area contributed by atoms with Crippen LogP contribution >= 0.6 is 11.3 Å². The number of carbonyl (C=O) groups excluding carboxylic acids is 1. The van der Waals surface area contributed by atoms with Crippen molar-refractivity contribution in [3.05, 3.63) is 28.5 Å². The van der Waals surface area contributed by atoms with Crippen LogP contribution in [0.15, 0.2) is 11.6 Å². The minimum atomic E-state index is 0.209. The molecule has 0 fully saturated rings. The molecule has 0 N–H and O–H groups in total. The number of nitrogens with zero attached hydrogens (tertiary/aromatic N) is 3. The molecule has 0 unspecified atom stereocenters. The molecule has 82 valence electrons. The highest BCUT2D eigenvalue weighted by molar-refractivity contribution is 7.12. The SMILES string of the molecule is Cc1csc(-n2ncc3c2CCCC3=O)n1. The summed E-state index contributed by atoms with van der Waals surface area (Å²) in [5.74, 6) is 0.209. The Morgan fingerprint density at radius 3 is 3.06 bits per heavy atom. The lowest BCUT2D eigenvalue weighted by atomic mass is 9.97. The maximum Gasteiger partial charge on any atom is 0.210 e. The zero-order valence-electron chi connectivity index (χ0n) is 8.93. The van der Waals surface area contributed by atoms with Crippen LogP contribution in [0.1, 0.15) is 34.6 Å². The first kappa shape index (κ1) is 9.72. The van der Waals surface area contributed by atoms with Crippen LogP contribution in [0.25, 0.3) is 5.13 Å². The van der Waals surface area contributed by atoms with Crippen LogP contribution in [0, 0.1) is 6.92 Å². The molecule has 0 aliphatic heterocycles. The largest absolute Gasteiger partial charge is 0.294 e. The number of Topliss-reactive ketones (excluding diaryl/α,β-unsaturated/α-hetero) is 1. The fourth-order valence-corrected chi connectivity index (χ4v) is 2.78. The van der Waals surface area contributed by atoms with Crippen molar-refractivity contribution >= 4 is 17.1 Å². The maximum absolute atomic E-state index is 11.7. The molecule has 0 amide bonds. The topological polar surface area (TPSA) is 47.8 Å². The average Bonchev–Trinajstić information content (AvgIpc) is 2.84. The Morgan fingerprint density at radius 1 is 1.44 bits per heavy atom. The van der Waals surface area contributed by atoms with E-state index in [4.69, 9.17) is 0 Å². The van der Waals surface area contributed by atoms with Gasteiger partial charge in [-0.15, -0.1) is 11.3 Å². The number of rotatable bonds is 1. The van der Waals surface area contributed by atoms with Crippen molar-refractivity contribution < 1.29 is 4.79 Å². The van der Waals surface area contributed by atoms with E-state index in [1.54, 1.807) is 17.5 Å². The molecule has 3 rings (SSSR count). The zero-order chi connectivity index (χ0) is 11.1. The molecule has 0 saturated heterocycles. The van der Waals surface area contributed by atoms with Crippen molar-refractivity contribution in [2.45, 2.75) is 26.2 Å². The summed E-state index contributed by atoms with van der Waals surface area (Å²) in [6.45, 7) is 1.96. The molecule has 16 heavy (non-hydrogen) atoms. The molecule has 0 saturated carbocycles. The zero-order valence-corrected chi connectivity index (χ0v) is 9.75. The van der Waals surface area contributed by atoms with Gasteiger partial charge in [-0.25, -0.2) is 9.67 Å². The lowest BCUT2D eigenvalue weighted by molar-refractivity contribution is 0.0972. The van der Waals surface area contributed by atoms with E-state index < -0.39 is 0 Å². The van der Waals surface area contributed by atoms with Crippen molar-refractivity contribution in [2.75, 3.05) is 0 Å². The third kappa shape index (κ3) is 1.39. The molecule has 1 aliphatic carbocycles. The third-order valence-electron chi connectivity index (χ3n) is 2.77. The highest BCUT2D eigenvalue weighted by atomic mass is 32.1. The first-order chi connectivity index (χ1) is 7.75. The summed E-state index contributed by atoms with van der Waals surface area (Å²) in [4.78, 5) is 16.1. The first-order valence-corrected chi connectivity index (χ1v) is 6.16. The number of hydrogen-bond acceptors (Lipinski definition) is 4. The van der Waals surface area contributed by atoms with Crippen molar-refractivity contribution in [2.24, 2.45) is 0 Å². The number of ketones is 1. The highest BCUT2D eigenvalue weighted by Crippen LogP contribution is 2.24. The fraction of sp³-hybridized carbons (Fsp3) is 0.364. The summed E-state index contributed by atoms with van der Waals surface area (Å²) >= 11 is 1.56. The average molecular weight is 233 g/mol. The Morgan fingerprint density at radius 2 is 2.31 bits per heavy atom. The summed E-state index contributed by atoms with van der Waals surface area (Å²) in [6, 6.07) is 0. The fourth-order valence-electron chi connectivity index (χ4n) is 2.00. The first-order valence-electron chi connectivity index (χ1n) is 5.28. The van der Waals surface area contributed by atoms with E-state index in [1.165, 1.54) is 0 Å². The van der Waals surface area contributed by atoms with Gasteiger partial charge in [-0.1, -0.05) is 0 Å². The summed E-state index contributed by atoms with van der Waals surface area (Å²) < 4.78 is 1.81. The summed E-state index contributed by atoms with van der Waals surface area (Å²) in [5, 5.41) is 7.12. The second-order valence-electron chi connectivity index (χ2n) is 3.96. The van der Waals surface area contributed by atoms with Gasteiger partial charge < -0.3 is 0 Å². The molecule has 5 heteroatoms. The molecule has 2 heterocycles. The Bertz CT molecular complexity index is 555. The molecular weight excluding hydrogens is 222 g/mol. The molecule has 0 aromatic carbocycles. The van der Waals surface area contributed by atoms with Gasteiger partial charge in [-0.3, -0.25) is 4.79 Å². The Kier molecular flexibility index (Phi) is 2.14. The van der Waals surface area contributed by atoms with Crippen molar-refractivity contribution in [1.29, 1.82) is 0 Å². The second-order valence-corrected chi connectivity index (χ2v) is 4.80. The van der Waals surface area contributed by atoms with Crippen LogP contribution in [0.4, 0.5) is 0 Å². The monoisotopic (exact) mass is 233 g/mol. The van der Waals surface area contributed by atoms with Crippen molar-refractivity contribution in [3.63, 3.8) is 0 Å². The lowest BCUT2D eigenvalue weighted by Gasteiger charge is -2.11. The van der Waals surface area contributed by atoms with Gasteiger partial charge in [0.15, 0.2) is 5.78 Å². The van der Waals surface area contributed by atoms with Gasteiger partial charge in [0.1, 0.15) is 0 Å². The molecule has 4 nitrogen and oxygen atoms in total. The van der Waals surface area contributed by atoms with Crippen molar-refractivity contribution in [3.8, 4) is 5.13 Å². The van der Waals surface area contributed by atoms with Crippen LogP contribution in [-0.4, -0.2) is 20.5 Å². The van der Waals surface area contributed by atoms with Gasteiger partial charge in [0.25, 0.3) is 0 Å². The Balaban J connectivity index is 2.12. The number of carbonyl (C=O) groups is 1. The predicted molar refractivity (Wildman–Crippen MR) is 61.2 cm³/mol. The van der Waals surface area contributed by atoms with Gasteiger partial charge in [-0.2, -0.15) is 5.10 Å². The standard InChI is InChI=1S/C11H11N3OS/c1-7-6-16-11(13-7)14-9-3-2-4-10(15)8(9)5-12-14/h5-6H,2-4H2,1H3. The van der Waals surface area contributed by atoms with Gasteiger partial charge in [0.05, 0.1) is 23.1 Å². The van der Waals surface area contributed by atoms with Crippen LogP contribution in [0.5, 0.6) is 0 Å². The maximum atomic E-state index is 11.7. The van der Waals surface area contributed by atoms with E-state index in [1.807, 2.05) is 17.0 Å². The molecular formula is C11H11N3OS. The molecule has 1 aliphatic rings. The number of aromatic nitrogens is 3. The second kappa shape index (κ2) is 3.52. The van der Waals surface area contributed by atoms with Crippen LogP contribution in [0.2, 0.25) is 0 Å². The summed E-state index contributed by atoms with van der Waals surface area (Å²) in [6.07, 6.45) is 4.16. The number of hydrogen-bond donors (Lipinski definition) is 0. The van der Waals surface area contributed by atoms with E-state index in [2.05, 4.69) is 10.1 Å². The van der Waals surface area contributed by atoms with E-state index >= 15 is 0 Å². The molecule has 2 aromatic rings. The van der Waals surface area contributed by atoms with E-state index in [-0.39, 0.29) is 5.78 Å².